The molecule has 0 saturated heterocycles. The van der Waals surface area contributed by atoms with Crippen LogP contribution in [0.15, 0.2) is 56.6 Å². The van der Waals surface area contributed by atoms with E-state index in [2.05, 4.69) is 15.3 Å². The molecular weight excluding hydrogens is 465 g/mol. The molecule has 0 aromatic heterocycles. The van der Waals surface area contributed by atoms with Crippen LogP contribution in [-0.2, 0) is 14.9 Å². The average molecular weight is 476 g/mol. The summed E-state index contributed by atoms with van der Waals surface area (Å²) < 4.78 is 33.7. The Morgan fingerprint density at radius 1 is 1.29 bits per heavy atom. The summed E-state index contributed by atoms with van der Waals surface area (Å²) in [7, 11) is -5.08. The number of nitro benzene ring substituents is 1. The van der Waals surface area contributed by atoms with Gasteiger partial charge in [0.25, 0.3) is 5.91 Å². The molecule has 1 amide bonds. The van der Waals surface area contributed by atoms with Gasteiger partial charge in [-0.05, 0) is 31.2 Å². The van der Waals surface area contributed by atoms with E-state index in [-0.39, 0.29) is 35.3 Å². The van der Waals surface area contributed by atoms with Crippen molar-refractivity contribution >= 4 is 50.4 Å². The quantitative estimate of drug-likeness (QED) is 0.203. The molecule has 0 radical (unpaired) electrons. The van der Waals surface area contributed by atoms with Gasteiger partial charge in [0.15, 0.2) is 6.04 Å². The standard InChI is InChI=1S/C16H12ClN5O7S.Na/c1-8-14(16(24)21(20-8)10-4-2-3-9(17)5-10)19-18-12-6-11(30(27,28)29)7-13(15(12)23)22(25)26;/h2-7,14,23H,1H3,(H,27,28,29);/q;+1/p-1. The van der Waals surface area contributed by atoms with Gasteiger partial charge in [-0.3, -0.25) is 14.9 Å². The molecule has 0 aliphatic carbocycles. The number of azo groups is 1. The first-order chi connectivity index (χ1) is 14.0. The van der Waals surface area contributed by atoms with E-state index in [0.717, 1.165) is 5.01 Å². The van der Waals surface area contributed by atoms with Crippen molar-refractivity contribution in [1.29, 1.82) is 0 Å². The molecule has 31 heavy (non-hydrogen) atoms. The molecule has 2 aromatic rings. The van der Waals surface area contributed by atoms with E-state index in [0.29, 0.717) is 22.8 Å². The number of benzene rings is 2. The van der Waals surface area contributed by atoms with Gasteiger partial charge >= 0.3 is 35.2 Å². The SMILES string of the molecule is CC1=NN(c2cccc(Cl)c2)C(=O)C1N=Nc1cc(S(=O)(=O)[O-])cc([N+](=O)[O-])c1O.[Na+]. The average Bonchev–Trinajstić information content (AvgIpc) is 2.93. The van der Waals surface area contributed by atoms with Crippen LogP contribution in [0.25, 0.3) is 0 Å². The number of amides is 1. The number of phenols is 1. The number of carbonyl (C=O) groups is 1. The molecule has 0 saturated carbocycles. The summed E-state index contributed by atoms with van der Waals surface area (Å²) in [5.41, 5.74) is -1.14. The maximum atomic E-state index is 12.6. The number of nitrogens with zero attached hydrogens (tertiary/aromatic N) is 5. The monoisotopic (exact) mass is 475 g/mol. The molecule has 1 atom stereocenters. The Hall–Kier alpha value is -2.42. The maximum Gasteiger partial charge on any atom is 1.00 e. The third-order valence-electron chi connectivity index (χ3n) is 3.96. The van der Waals surface area contributed by atoms with Crippen LogP contribution in [0.5, 0.6) is 5.75 Å². The van der Waals surface area contributed by atoms with Crippen LogP contribution in [0.1, 0.15) is 6.92 Å². The molecule has 1 aliphatic rings. The molecule has 1 aliphatic heterocycles. The third kappa shape index (κ3) is 5.26. The fourth-order valence-electron chi connectivity index (χ4n) is 2.54. The Balaban J connectivity index is 0.00000341. The minimum Gasteiger partial charge on any atom is -0.744 e. The third-order valence-corrected chi connectivity index (χ3v) is 5.01. The van der Waals surface area contributed by atoms with Gasteiger partial charge in [0.05, 0.1) is 21.2 Å². The number of halogens is 1. The smallest absolute Gasteiger partial charge is 0.744 e. The number of phenolic OH excluding ortho intramolecular Hbond substituents is 1. The summed E-state index contributed by atoms with van der Waals surface area (Å²) >= 11 is 5.91. The first kappa shape index (κ1) is 24.8. The summed E-state index contributed by atoms with van der Waals surface area (Å²) in [5.74, 6) is -1.64. The largest absolute Gasteiger partial charge is 1.00 e. The molecule has 3 rings (SSSR count). The van der Waals surface area contributed by atoms with Gasteiger partial charge in [0.1, 0.15) is 15.8 Å². The van der Waals surface area contributed by atoms with Crippen molar-refractivity contribution in [2.75, 3.05) is 5.01 Å². The number of nitro groups is 1. The van der Waals surface area contributed by atoms with Crippen molar-refractivity contribution in [3.8, 4) is 5.75 Å². The van der Waals surface area contributed by atoms with E-state index in [1.807, 2.05) is 0 Å². The molecular formula is C16H11ClN5NaO7S. The molecule has 15 heteroatoms. The van der Waals surface area contributed by atoms with E-state index in [9.17, 15) is 33.0 Å². The fraction of sp³-hybridized carbons (Fsp3) is 0.125. The maximum absolute atomic E-state index is 12.6. The second-order valence-electron chi connectivity index (χ2n) is 6.01. The van der Waals surface area contributed by atoms with Crippen LogP contribution in [0, 0.1) is 10.1 Å². The van der Waals surface area contributed by atoms with Gasteiger partial charge in [-0.25, -0.2) is 8.42 Å². The van der Waals surface area contributed by atoms with Crippen molar-refractivity contribution in [1.82, 2.24) is 0 Å². The Morgan fingerprint density at radius 2 is 1.97 bits per heavy atom. The van der Waals surface area contributed by atoms with Crippen molar-refractivity contribution < 1.29 is 57.4 Å². The van der Waals surface area contributed by atoms with E-state index in [1.165, 1.54) is 13.0 Å². The molecule has 156 valence electrons. The molecule has 12 nitrogen and oxygen atoms in total. The van der Waals surface area contributed by atoms with Gasteiger partial charge in [0, 0.05) is 11.1 Å². The molecule has 1 unspecified atom stereocenters. The van der Waals surface area contributed by atoms with Gasteiger partial charge in [-0.1, -0.05) is 17.7 Å². The number of hydrazone groups is 1. The number of hydrogen-bond acceptors (Lipinski definition) is 10. The second-order valence-corrected chi connectivity index (χ2v) is 7.83. The topological polar surface area (TPSA) is 178 Å². The Kier molecular flexibility index (Phi) is 7.52. The van der Waals surface area contributed by atoms with Gasteiger partial charge in [0.2, 0.25) is 5.75 Å². The number of carbonyl (C=O) groups excluding carboxylic acids is 1. The van der Waals surface area contributed by atoms with Crippen molar-refractivity contribution in [2.24, 2.45) is 15.3 Å². The minimum atomic E-state index is -5.08. The van der Waals surface area contributed by atoms with Crippen LogP contribution < -0.4 is 34.6 Å². The first-order valence-corrected chi connectivity index (χ1v) is 9.80. The van der Waals surface area contributed by atoms with E-state index in [1.54, 1.807) is 18.2 Å². The Morgan fingerprint density at radius 3 is 2.55 bits per heavy atom. The van der Waals surface area contributed by atoms with Crippen LogP contribution in [0.4, 0.5) is 17.1 Å². The first-order valence-electron chi connectivity index (χ1n) is 8.02. The summed E-state index contributed by atoms with van der Waals surface area (Å²) in [6, 6.07) is 6.07. The molecule has 1 heterocycles. The van der Waals surface area contributed by atoms with E-state index >= 15 is 0 Å². The van der Waals surface area contributed by atoms with Gasteiger partial charge < -0.3 is 9.66 Å². The summed E-state index contributed by atoms with van der Waals surface area (Å²) in [5, 5.41) is 33.8. The fourth-order valence-corrected chi connectivity index (χ4v) is 3.24. The number of aromatic hydroxyl groups is 1. The van der Waals surface area contributed by atoms with Crippen molar-refractivity contribution in [3.63, 3.8) is 0 Å². The number of anilines is 1. The zero-order chi connectivity index (χ0) is 22.2. The molecule has 0 fully saturated rings. The molecule has 0 spiro atoms. The predicted octanol–water partition coefficient (Wildman–Crippen LogP) is -0.263. The van der Waals surface area contributed by atoms with Crippen LogP contribution in [0.3, 0.4) is 0 Å². The summed E-state index contributed by atoms with van der Waals surface area (Å²) in [6.07, 6.45) is 0. The minimum absolute atomic E-state index is 0. The normalized spacial score (nSPS) is 16.4. The molecule has 1 N–H and O–H groups in total. The van der Waals surface area contributed by atoms with Crippen molar-refractivity contribution in [2.45, 2.75) is 17.9 Å². The Bertz CT molecular complexity index is 1230. The van der Waals surface area contributed by atoms with Crippen molar-refractivity contribution in [3.05, 3.63) is 51.5 Å². The Labute approximate surface area is 202 Å². The molecule has 2 aromatic carbocycles. The predicted molar refractivity (Wildman–Crippen MR) is 103 cm³/mol. The van der Waals surface area contributed by atoms with Crippen LogP contribution in [-0.4, -0.2) is 40.7 Å². The van der Waals surface area contributed by atoms with E-state index < -0.39 is 49.0 Å². The van der Waals surface area contributed by atoms with E-state index in [4.69, 9.17) is 11.6 Å². The number of rotatable bonds is 5. The zero-order valence-electron chi connectivity index (χ0n) is 16.0. The second kappa shape index (κ2) is 9.38. The number of hydrogen-bond donors (Lipinski definition) is 1. The summed E-state index contributed by atoms with van der Waals surface area (Å²) in [4.78, 5) is 21.6. The van der Waals surface area contributed by atoms with Gasteiger partial charge in [-0.15, -0.1) is 0 Å². The van der Waals surface area contributed by atoms with Crippen LogP contribution in [0.2, 0.25) is 5.02 Å². The molecule has 0 bridgehead atoms. The van der Waals surface area contributed by atoms with Gasteiger partial charge in [-0.2, -0.15) is 20.3 Å². The zero-order valence-corrected chi connectivity index (χ0v) is 19.5. The van der Waals surface area contributed by atoms with Crippen LogP contribution >= 0.6 is 11.6 Å². The summed E-state index contributed by atoms with van der Waals surface area (Å²) in [6.45, 7) is 1.48.